The van der Waals surface area contributed by atoms with E-state index in [0.29, 0.717) is 33.5 Å². The van der Waals surface area contributed by atoms with Crippen molar-refractivity contribution < 1.29 is 23.0 Å². The van der Waals surface area contributed by atoms with Gasteiger partial charge in [0.25, 0.3) is 0 Å². The molecule has 2 heterocycles. The minimum atomic E-state index is -3.24. The van der Waals surface area contributed by atoms with E-state index in [2.05, 4.69) is 27.5 Å². The number of allylic oxidation sites excluding steroid dienone is 1. The van der Waals surface area contributed by atoms with E-state index >= 15 is 0 Å². The molecule has 1 aliphatic heterocycles. The van der Waals surface area contributed by atoms with E-state index in [4.69, 9.17) is 9.47 Å². The van der Waals surface area contributed by atoms with Gasteiger partial charge in [0.2, 0.25) is 5.01 Å². The molecule has 0 fully saturated rings. The van der Waals surface area contributed by atoms with Crippen molar-refractivity contribution in [3.8, 4) is 17.0 Å². The Morgan fingerprint density at radius 3 is 3.04 bits per heavy atom. The fourth-order valence-corrected chi connectivity index (χ4v) is 3.80. The van der Waals surface area contributed by atoms with Crippen LogP contribution in [0.15, 0.2) is 35.3 Å². The van der Waals surface area contributed by atoms with Crippen molar-refractivity contribution in [3.05, 3.63) is 45.2 Å². The third-order valence-corrected chi connectivity index (χ3v) is 5.42. The molecule has 3 rings (SSSR count). The number of esters is 1. The molecular formula is C18H16BrF2NO3S. The molecule has 0 bridgehead atoms. The predicted octanol–water partition coefficient (Wildman–Crippen LogP) is 5.57. The Kier molecular flexibility index (Phi) is 5.72. The summed E-state index contributed by atoms with van der Waals surface area (Å²) in [5.41, 5.74) is 0.486. The van der Waals surface area contributed by atoms with E-state index in [1.54, 1.807) is 24.3 Å². The van der Waals surface area contributed by atoms with Crippen LogP contribution in [0.1, 0.15) is 33.9 Å². The lowest BCUT2D eigenvalue weighted by molar-refractivity contribution is -0.0412. The van der Waals surface area contributed by atoms with Crippen LogP contribution in [0.4, 0.5) is 8.78 Å². The van der Waals surface area contributed by atoms with Gasteiger partial charge < -0.3 is 9.47 Å². The van der Waals surface area contributed by atoms with E-state index in [9.17, 15) is 13.6 Å². The predicted molar refractivity (Wildman–Crippen MR) is 99.0 cm³/mol. The summed E-state index contributed by atoms with van der Waals surface area (Å²) >= 11 is 3.98. The molecule has 1 aliphatic rings. The highest BCUT2D eigenvalue weighted by atomic mass is 79.9. The van der Waals surface area contributed by atoms with Crippen molar-refractivity contribution >= 4 is 33.2 Å². The zero-order chi connectivity index (χ0) is 18.7. The maximum atomic E-state index is 14.5. The second-order valence-corrected chi connectivity index (χ2v) is 7.67. The number of halogens is 3. The third-order valence-electron chi connectivity index (χ3n) is 3.78. The van der Waals surface area contributed by atoms with Crippen LogP contribution in [0.25, 0.3) is 11.3 Å². The number of alkyl halides is 2. The Morgan fingerprint density at radius 2 is 2.27 bits per heavy atom. The minimum Gasteiger partial charge on any atom is -0.486 e. The number of carbonyl (C=O) groups is 1. The summed E-state index contributed by atoms with van der Waals surface area (Å²) in [6.45, 7) is 3.05. The van der Waals surface area contributed by atoms with Crippen LogP contribution in [0, 0.1) is 0 Å². The average Bonchev–Trinajstić information content (AvgIpc) is 3.03. The average molecular weight is 444 g/mol. The van der Waals surface area contributed by atoms with Gasteiger partial charge in [-0.05, 0) is 37.5 Å². The largest absolute Gasteiger partial charge is 0.486 e. The lowest BCUT2D eigenvalue weighted by Crippen LogP contribution is -2.20. The standard InChI is InChI=1S/C18H16BrF2NO3S/c1-2-3-4-5-8-24-17(23)16-22-14-12-9-11(19)6-7-13(12)25-10-18(20,21)15(14)26-16/h2,6-7,9H,1,3-5,8,10H2. The van der Waals surface area contributed by atoms with E-state index in [0.717, 1.165) is 12.8 Å². The highest BCUT2D eigenvalue weighted by Gasteiger charge is 2.42. The number of ether oxygens (including phenoxy) is 2. The second kappa shape index (κ2) is 7.84. The molecule has 0 saturated carbocycles. The summed E-state index contributed by atoms with van der Waals surface area (Å²) in [5.74, 6) is -3.61. The molecule has 0 radical (unpaired) electrons. The fraction of sp³-hybridized carbons (Fsp3) is 0.333. The molecule has 138 valence electrons. The summed E-state index contributed by atoms with van der Waals surface area (Å²) in [6.07, 6.45) is 4.16. The Labute approximate surface area is 162 Å². The van der Waals surface area contributed by atoms with Gasteiger partial charge in [-0.25, -0.2) is 9.78 Å². The molecule has 0 saturated heterocycles. The van der Waals surface area contributed by atoms with Crippen molar-refractivity contribution in [1.82, 2.24) is 4.98 Å². The Hall–Kier alpha value is -1.80. The summed E-state index contributed by atoms with van der Waals surface area (Å²) in [6, 6.07) is 4.95. The van der Waals surface area contributed by atoms with Gasteiger partial charge in [0, 0.05) is 10.0 Å². The van der Waals surface area contributed by atoms with Crippen molar-refractivity contribution in [1.29, 1.82) is 0 Å². The first-order valence-corrected chi connectivity index (χ1v) is 9.63. The number of nitrogens with zero attached hydrogens (tertiary/aromatic N) is 1. The number of rotatable bonds is 6. The highest BCUT2D eigenvalue weighted by molar-refractivity contribution is 9.10. The summed E-state index contributed by atoms with van der Waals surface area (Å²) in [4.78, 5) is 16.1. The van der Waals surface area contributed by atoms with Gasteiger partial charge in [-0.15, -0.1) is 17.9 Å². The maximum Gasteiger partial charge on any atom is 0.367 e. The number of aromatic nitrogens is 1. The first-order valence-electron chi connectivity index (χ1n) is 8.02. The molecular weight excluding hydrogens is 428 g/mol. The van der Waals surface area contributed by atoms with Crippen LogP contribution in [-0.2, 0) is 10.7 Å². The van der Waals surface area contributed by atoms with Crippen molar-refractivity contribution in [2.75, 3.05) is 13.2 Å². The Bertz CT molecular complexity index is 838. The second-order valence-electron chi connectivity index (χ2n) is 5.75. The molecule has 8 heteroatoms. The number of fused-ring (bicyclic) bond motifs is 3. The lowest BCUT2D eigenvalue weighted by atomic mass is 10.1. The van der Waals surface area contributed by atoms with Crippen LogP contribution in [0.5, 0.6) is 5.75 Å². The number of hydrogen-bond acceptors (Lipinski definition) is 5. The third kappa shape index (κ3) is 3.96. The molecule has 0 spiro atoms. The molecule has 26 heavy (non-hydrogen) atoms. The van der Waals surface area contributed by atoms with Gasteiger partial charge >= 0.3 is 11.9 Å². The quantitative estimate of drug-likeness (QED) is 0.332. The van der Waals surface area contributed by atoms with Crippen molar-refractivity contribution in [2.45, 2.75) is 25.2 Å². The molecule has 0 amide bonds. The van der Waals surface area contributed by atoms with Crippen LogP contribution < -0.4 is 4.74 Å². The zero-order valence-electron chi connectivity index (χ0n) is 13.8. The van der Waals surface area contributed by atoms with E-state index in [-0.39, 0.29) is 22.2 Å². The Balaban J connectivity index is 1.88. The van der Waals surface area contributed by atoms with E-state index < -0.39 is 18.5 Å². The summed E-state index contributed by atoms with van der Waals surface area (Å²) in [5, 5.41) is -0.0776. The van der Waals surface area contributed by atoms with Crippen LogP contribution >= 0.6 is 27.3 Å². The maximum absolute atomic E-state index is 14.5. The number of hydrogen-bond donors (Lipinski definition) is 0. The van der Waals surface area contributed by atoms with Gasteiger partial charge in [0.15, 0.2) is 6.61 Å². The summed E-state index contributed by atoms with van der Waals surface area (Å²) in [7, 11) is 0. The molecule has 4 nitrogen and oxygen atoms in total. The first kappa shape index (κ1) is 19.0. The van der Waals surface area contributed by atoms with Crippen molar-refractivity contribution in [2.24, 2.45) is 0 Å². The molecule has 0 unspecified atom stereocenters. The lowest BCUT2D eigenvalue weighted by Gasteiger charge is -2.12. The van der Waals surface area contributed by atoms with Crippen LogP contribution in [0.3, 0.4) is 0 Å². The number of unbranched alkanes of at least 4 members (excludes halogenated alkanes) is 2. The number of carbonyl (C=O) groups excluding carboxylic acids is 1. The highest BCUT2D eigenvalue weighted by Crippen LogP contribution is 2.46. The zero-order valence-corrected chi connectivity index (χ0v) is 16.2. The topological polar surface area (TPSA) is 48.4 Å². The normalized spacial score (nSPS) is 14.6. The Morgan fingerprint density at radius 1 is 1.46 bits per heavy atom. The monoisotopic (exact) mass is 443 g/mol. The van der Waals surface area contributed by atoms with Gasteiger partial charge in [0.1, 0.15) is 10.6 Å². The van der Waals surface area contributed by atoms with E-state index in [1.807, 2.05) is 0 Å². The molecule has 2 aromatic rings. The van der Waals surface area contributed by atoms with Gasteiger partial charge in [-0.2, -0.15) is 8.78 Å². The smallest absolute Gasteiger partial charge is 0.367 e. The molecule has 0 N–H and O–H groups in total. The SMILES string of the molecule is C=CCCCCOC(=O)c1nc2c(s1)C(F)(F)COc1ccc(Br)cc1-2. The molecule has 1 aromatic heterocycles. The van der Waals surface area contributed by atoms with Crippen LogP contribution in [0.2, 0.25) is 0 Å². The first-order chi connectivity index (χ1) is 12.4. The molecule has 1 aromatic carbocycles. The summed E-state index contributed by atoms with van der Waals surface area (Å²) < 4.78 is 40.0. The number of benzene rings is 1. The molecule has 0 aliphatic carbocycles. The minimum absolute atomic E-state index is 0.0624. The van der Waals surface area contributed by atoms with Gasteiger partial charge in [-0.1, -0.05) is 22.0 Å². The van der Waals surface area contributed by atoms with Gasteiger partial charge in [-0.3, -0.25) is 0 Å². The fourth-order valence-electron chi connectivity index (χ4n) is 2.50. The molecule has 0 atom stereocenters. The number of thiazole rings is 1. The van der Waals surface area contributed by atoms with Crippen LogP contribution in [-0.4, -0.2) is 24.2 Å². The van der Waals surface area contributed by atoms with Gasteiger partial charge in [0.05, 0.1) is 12.3 Å². The van der Waals surface area contributed by atoms with E-state index in [1.165, 1.54) is 0 Å². The van der Waals surface area contributed by atoms with Crippen molar-refractivity contribution in [3.63, 3.8) is 0 Å².